The van der Waals surface area contributed by atoms with E-state index in [-0.39, 0.29) is 12.0 Å². The second kappa shape index (κ2) is 8.67. The number of rotatable bonds is 6. The van der Waals surface area contributed by atoms with Crippen LogP contribution in [0, 0.1) is 12.3 Å². The van der Waals surface area contributed by atoms with Crippen LogP contribution in [0.1, 0.15) is 32.1 Å². The molecule has 7 heteroatoms. The Morgan fingerprint density at radius 3 is 2.48 bits per heavy atom. The highest BCUT2D eigenvalue weighted by atomic mass is 16.6. The van der Waals surface area contributed by atoms with Gasteiger partial charge in [0.15, 0.2) is 5.66 Å². The second-order valence-electron chi connectivity index (χ2n) is 6.79. The quantitative estimate of drug-likeness (QED) is 0.724. The van der Waals surface area contributed by atoms with Crippen LogP contribution in [0.3, 0.4) is 0 Å². The molecule has 0 spiro atoms. The van der Waals surface area contributed by atoms with Crippen molar-refractivity contribution in [2.24, 2.45) is 10.2 Å². The highest BCUT2D eigenvalue weighted by Gasteiger charge is 2.39. The minimum atomic E-state index is -0.431. The molecule has 1 saturated heterocycles. The van der Waals surface area contributed by atoms with Crippen molar-refractivity contribution < 1.29 is 14.3 Å². The highest BCUT2D eigenvalue weighted by Crippen LogP contribution is 2.37. The monoisotopic (exact) mass is 368 g/mol. The van der Waals surface area contributed by atoms with E-state index in [4.69, 9.17) is 11.2 Å². The van der Waals surface area contributed by atoms with Crippen LogP contribution in [-0.2, 0) is 4.79 Å². The summed E-state index contributed by atoms with van der Waals surface area (Å²) in [6.07, 6.45) is 7.96. The average Bonchev–Trinajstić information content (AvgIpc) is 3.49. The first-order valence-electron chi connectivity index (χ1n) is 9.29. The number of benzene rings is 1. The van der Waals surface area contributed by atoms with E-state index >= 15 is 0 Å². The Labute approximate surface area is 159 Å². The van der Waals surface area contributed by atoms with Crippen LogP contribution in [0.5, 0.6) is 5.75 Å². The Morgan fingerprint density at radius 1 is 1.07 bits per heavy atom. The zero-order chi connectivity index (χ0) is 19.1. The van der Waals surface area contributed by atoms with E-state index in [1.54, 1.807) is 17.0 Å². The lowest BCUT2D eigenvalue weighted by molar-refractivity contribution is -0.131. The zero-order valence-electron chi connectivity index (χ0n) is 15.3. The van der Waals surface area contributed by atoms with E-state index < -0.39 is 5.66 Å². The number of hydrogen-bond donors (Lipinski definition) is 0. The van der Waals surface area contributed by atoms with Crippen LogP contribution >= 0.6 is 0 Å². The third-order valence-electron chi connectivity index (χ3n) is 4.85. The first kappa shape index (κ1) is 18.9. The molecular formula is C20H24N4O3. The number of terminal acetylenes is 1. The van der Waals surface area contributed by atoms with Crippen molar-refractivity contribution >= 4 is 12.0 Å². The molecule has 0 aromatic heterocycles. The molecule has 142 valence electrons. The van der Waals surface area contributed by atoms with Crippen molar-refractivity contribution in [3.8, 4) is 18.1 Å². The maximum atomic E-state index is 12.5. The van der Waals surface area contributed by atoms with E-state index in [9.17, 15) is 9.59 Å². The standard InChI is InChI=1S/C20H24N4O3/c1-2-3-11-20(21-22-20)12-10-18(25)23-13-7-14-24(16-15-23)19(26)27-17-8-5-4-6-9-17/h1,4-6,8-9H,3,7,10-16H2. The van der Waals surface area contributed by atoms with Crippen molar-refractivity contribution in [2.75, 3.05) is 26.2 Å². The molecule has 0 radical (unpaired) electrons. The van der Waals surface area contributed by atoms with Crippen LogP contribution < -0.4 is 4.74 Å². The molecule has 2 aliphatic rings. The van der Waals surface area contributed by atoms with Gasteiger partial charge in [-0.1, -0.05) is 18.2 Å². The number of nitrogens with zero attached hydrogens (tertiary/aromatic N) is 4. The smallest absolute Gasteiger partial charge is 0.410 e. The zero-order valence-corrected chi connectivity index (χ0v) is 15.3. The molecule has 1 fully saturated rings. The number of ether oxygens (including phenoxy) is 1. The lowest BCUT2D eigenvalue weighted by Crippen LogP contribution is -2.38. The maximum absolute atomic E-state index is 12.5. The van der Waals surface area contributed by atoms with E-state index in [1.165, 1.54) is 0 Å². The Morgan fingerprint density at radius 2 is 1.78 bits per heavy atom. The lowest BCUT2D eigenvalue weighted by atomic mass is 10.0. The molecule has 0 bridgehead atoms. The molecular weight excluding hydrogens is 344 g/mol. The normalized spacial score (nSPS) is 17.7. The Bertz CT molecular complexity index is 735. The number of hydrogen-bond acceptors (Lipinski definition) is 5. The van der Waals surface area contributed by atoms with Crippen LogP contribution in [-0.4, -0.2) is 53.6 Å². The fraction of sp³-hybridized carbons (Fsp3) is 0.500. The van der Waals surface area contributed by atoms with Gasteiger partial charge in [-0.3, -0.25) is 4.79 Å². The summed E-state index contributed by atoms with van der Waals surface area (Å²) in [5, 5.41) is 8.14. The maximum Gasteiger partial charge on any atom is 0.415 e. The SMILES string of the molecule is C#CCCC1(CCC(=O)N2CCCN(C(=O)Oc3ccccc3)CC2)N=N1. The van der Waals surface area contributed by atoms with Gasteiger partial charge >= 0.3 is 6.09 Å². The summed E-state index contributed by atoms with van der Waals surface area (Å²) in [7, 11) is 0. The minimum absolute atomic E-state index is 0.0747. The fourth-order valence-electron chi connectivity index (χ4n) is 3.14. The van der Waals surface area contributed by atoms with Crippen LogP contribution in [0.25, 0.3) is 0 Å². The summed E-state index contributed by atoms with van der Waals surface area (Å²) in [6.45, 7) is 2.19. The van der Waals surface area contributed by atoms with E-state index in [2.05, 4.69) is 16.1 Å². The molecule has 0 N–H and O–H groups in total. The molecule has 2 heterocycles. The number of para-hydroxylation sites is 1. The average molecular weight is 368 g/mol. The van der Waals surface area contributed by atoms with Crippen molar-refractivity contribution in [3.05, 3.63) is 30.3 Å². The summed E-state index contributed by atoms with van der Waals surface area (Å²) in [5.41, 5.74) is -0.431. The Hall–Kier alpha value is -2.88. The summed E-state index contributed by atoms with van der Waals surface area (Å²) in [4.78, 5) is 28.3. The molecule has 0 atom stereocenters. The van der Waals surface area contributed by atoms with E-state index in [1.807, 2.05) is 23.1 Å². The van der Waals surface area contributed by atoms with Gasteiger partial charge in [0.2, 0.25) is 5.91 Å². The summed E-state index contributed by atoms with van der Waals surface area (Å²) in [6, 6.07) is 9.00. The topological polar surface area (TPSA) is 74.6 Å². The lowest BCUT2D eigenvalue weighted by Gasteiger charge is -2.22. The molecule has 1 aromatic carbocycles. The van der Waals surface area contributed by atoms with Crippen molar-refractivity contribution in [1.29, 1.82) is 0 Å². The number of amides is 2. The van der Waals surface area contributed by atoms with Gasteiger partial charge in [-0.05, 0) is 18.6 Å². The molecule has 2 amide bonds. The Balaban J connectivity index is 1.44. The summed E-state index contributed by atoms with van der Waals surface area (Å²) in [5.74, 6) is 3.19. The third kappa shape index (κ3) is 5.30. The first-order valence-corrected chi connectivity index (χ1v) is 9.29. The van der Waals surface area contributed by atoms with Crippen LogP contribution in [0.2, 0.25) is 0 Å². The summed E-state index contributed by atoms with van der Waals surface area (Å²) < 4.78 is 5.39. The molecule has 2 aliphatic heterocycles. The van der Waals surface area contributed by atoms with Gasteiger partial charge in [-0.2, -0.15) is 10.2 Å². The van der Waals surface area contributed by atoms with Crippen LogP contribution in [0.15, 0.2) is 40.6 Å². The van der Waals surface area contributed by atoms with Crippen molar-refractivity contribution in [2.45, 2.75) is 37.8 Å². The van der Waals surface area contributed by atoms with Gasteiger partial charge in [-0.15, -0.1) is 12.3 Å². The number of carbonyl (C=O) groups excluding carboxylic acids is 2. The van der Waals surface area contributed by atoms with Gasteiger partial charge in [0.05, 0.1) is 0 Å². The van der Waals surface area contributed by atoms with Gasteiger partial charge in [0, 0.05) is 51.9 Å². The second-order valence-corrected chi connectivity index (χ2v) is 6.79. The van der Waals surface area contributed by atoms with Gasteiger partial charge in [0.25, 0.3) is 0 Å². The molecule has 0 saturated carbocycles. The molecule has 27 heavy (non-hydrogen) atoms. The first-order chi connectivity index (χ1) is 13.1. The van der Waals surface area contributed by atoms with Crippen molar-refractivity contribution in [1.82, 2.24) is 9.80 Å². The van der Waals surface area contributed by atoms with E-state index in [0.29, 0.717) is 57.6 Å². The predicted molar refractivity (Wildman–Crippen MR) is 100 cm³/mol. The predicted octanol–water partition coefficient (Wildman–Crippen LogP) is 3.08. The summed E-state index contributed by atoms with van der Waals surface area (Å²) >= 11 is 0. The minimum Gasteiger partial charge on any atom is -0.410 e. The fourth-order valence-corrected chi connectivity index (χ4v) is 3.14. The number of carbonyl (C=O) groups is 2. The van der Waals surface area contributed by atoms with Crippen molar-refractivity contribution in [3.63, 3.8) is 0 Å². The Kier molecular flexibility index (Phi) is 6.07. The third-order valence-corrected chi connectivity index (χ3v) is 4.85. The highest BCUT2D eigenvalue weighted by molar-refractivity contribution is 5.76. The van der Waals surface area contributed by atoms with E-state index in [0.717, 1.165) is 6.42 Å². The molecule has 3 rings (SSSR count). The molecule has 0 aliphatic carbocycles. The molecule has 0 unspecified atom stereocenters. The largest absolute Gasteiger partial charge is 0.415 e. The molecule has 1 aromatic rings. The van der Waals surface area contributed by atoms with Gasteiger partial charge in [-0.25, -0.2) is 4.79 Å². The molecule has 7 nitrogen and oxygen atoms in total. The van der Waals surface area contributed by atoms with Gasteiger partial charge in [0.1, 0.15) is 5.75 Å². The van der Waals surface area contributed by atoms with Crippen LogP contribution in [0.4, 0.5) is 4.79 Å². The van der Waals surface area contributed by atoms with Gasteiger partial charge < -0.3 is 14.5 Å².